The number of thiocarbonyl (C=S) groups is 1. The van der Waals surface area contributed by atoms with E-state index in [4.69, 9.17) is 12.2 Å². The number of hydrogen-bond donors (Lipinski definition) is 0. The Hall–Kier alpha value is -1.14. The van der Waals surface area contributed by atoms with E-state index in [-0.39, 0.29) is 10.9 Å². The van der Waals surface area contributed by atoms with Crippen molar-refractivity contribution < 1.29 is 4.74 Å². The SMILES string of the molecule is CN1C(=S)S[C@H](/[N+]([O-])=C/c2cccnc2)C1(C)C. The molecule has 18 heavy (non-hydrogen) atoms. The second-order valence-corrected chi connectivity index (χ2v) is 6.44. The zero-order valence-corrected chi connectivity index (χ0v) is 12.2. The number of likely N-dealkylation sites (N-methyl/N-ethyl adjacent to an activating group) is 1. The quantitative estimate of drug-likeness (QED) is 0.273. The summed E-state index contributed by atoms with van der Waals surface area (Å²) in [6.07, 6.45) is 4.91. The largest absolute Gasteiger partial charge is 0.623 e. The van der Waals surface area contributed by atoms with Crippen LogP contribution in [0.4, 0.5) is 0 Å². The molecule has 0 saturated carbocycles. The highest BCUT2D eigenvalue weighted by Crippen LogP contribution is 2.38. The molecule has 0 aromatic carbocycles. The molecular formula is C12H15N3OS2. The fraction of sp³-hybridized carbons (Fsp3) is 0.417. The monoisotopic (exact) mass is 281 g/mol. The van der Waals surface area contributed by atoms with Crippen LogP contribution in [0.1, 0.15) is 19.4 Å². The van der Waals surface area contributed by atoms with Gasteiger partial charge in [-0.1, -0.05) is 12.2 Å². The first-order valence-corrected chi connectivity index (χ1v) is 6.86. The van der Waals surface area contributed by atoms with Gasteiger partial charge in [0, 0.05) is 19.4 Å². The number of nitrogens with zero attached hydrogens (tertiary/aromatic N) is 3. The summed E-state index contributed by atoms with van der Waals surface area (Å²) in [6, 6.07) is 3.66. The number of rotatable bonds is 2. The Labute approximate surface area is 116 Å². The Kier molecular flexibility index (Phi) is 3.59. The maximum absolute atomic E-state index is 12.2. The first-order valence-electron chi connectivity index (χ1n) is 5.58. The first-order chi connectivity index (χ1) is 8.43. The maximum Gasteiger partial charge on any atom is 0.238 e. The minimum Gasteiger partial charge on any atom is -0.623 e. The second-order valence-electron chi connectivity index (χ2n) is 4.72. The Balaban J connectivity index is 2.27. The van der Waals surface area contributed by atoms with Crippen LogP contribution in [0, 0.1) is 5.21 Å². The summed E-state index contributed by atoms with van der Waals surface area (Å²) in [6.45, 7) is 4.04. The van der Waals surface area contributed by atoms with Gasteiger partial charge >= 0.3 is 0 Å². The fourth-order valence-electron chi connectivity index (χ4n) is 1.75. The number of hydrogen-bond acceptors (Lipinski definition) is 4. The molecule has 96 valence electrons. The molecule has 1 fully saturated rings. The van der Waals surface area contributed by atoms with Crippen LogP contribution in [0.15, 0.2) is 24.5 Å². The third kappa shape index (κ3) is 2.35. The van der Waals surface area contributed by atoms with Gasteiger partial charge < -0.3 is 10.1 Å². The van der Waals surface area contributed by atoms with Gasteiger partial charge in [-0.3, -0.25) is 4.98 Å². The number of hydroxylamine groups is 1. The number of aromatic nitrogens is 1. The molecule has 1 atom stereocenters. The topological polar surface area (TPSA) is 42.2 Å². The minimum atomic E-state index is -0.289. The molecule has 1 saturated heterocycles. The zero-order chi connectivity index (χ0) is 13.3. The molecule has 0 N–H and O–H groups in total. The first kappa shape index (κ1) is 13.3. The van der Waals surface area contributed by atoms with Crippen molar-refractivity contribution in [2.24, 2.45) is 0 Å². The average Bonchev–Trinajstić information content (AvgIpc) is 2.54. The molecule has 0 bridgehead atoms. The third-order valence-corrected chi connectivity index (χ3v) is 5.19. The number of pyridine rings is 1. The Morgan fingerprint density at radius 3 is 2.83 bits per heavy atom. The van der Waals surface area contributed by atoms with Crippen LogP contribution in [0.2, 0.25) is 0 Å². The van der Waals surface area contributed by atoms with Crippen LogP contribution < -0.4 is 0 Å². The van der Waals surface area contributed by atoms with E-state index in [1.54, 1.807) is 18.6 Å². The molecule has 0 spiro atoms. The van der Waals surface area contributed by atoms with Gasteiger partial charge in [-0.25, -0.2) is 0 Å². The molecular weight excluding hydrogens is 266 g/mol. The van der Waals surface area contributed by atoms with Crippen molar-refractivity contribution >= 4 is 34.5 Å². The standard InChI is InChI=1S/C12H15N3OS2/c1-12(2)10(18-11(17)14(12)3)15(16)8-9-5-4-6-13-7-9/h4-8,10H,1-3H3/b15-8-/t10-/m0/s1. The van der Waals surface area contributed by atoms with E-state index in [1.807, 2.05) is 37.9 Å². The molecule has 1 aliphatic heterocycles. The summed E-state index contributed by atoms with van der Waals surface area (Å²) < 4.78 is 1.72. The Bertz CT molecular complexity index is 487. The molecule has 1 aromatic rings. The Morgan fingerprint density at radius 2 is 2.33 bits per heavy atom. The number of thioether (sulfide) groups is 1. The highest BCUT2D eigenvalue weighted by molar-refractivity contribution is 8.23. The lowest BCUT2D eigenvalue weighted by Crippen LogP contribution is -2.47. The van der Waals surface area contributed by atoms with E-state index in [9.17, 15) is 5.21 Å². The van der Waals surface area contributed by atoms with E-state index in [1.165, 1.54) is 11.8 Å². The van der Waals surface area contributed by atoms with Gasteiger partial charge in [0.15, 0.2) is 6.21 Å². The van der Waals surface area contributed by atoms with Crippen LogP contribution in [0.25, 0.3) is 0 Å². The average molecular weight is 281 g/mol. The van der Waals surface area contributed by atoms with E-state index in [0.29, 0.717) is 0 Å². The summed E-state index contributed by atoms with van der Waals surface area (Å²) in [7, 11) is 1.92. The zero-order valence-electron chi connectivity index (χ0n) is 10.5. The van der Waals surface area contributed by atoms with Gasteiger partial charge in [0.2, 0.25) is 5.37 Å². The Morgan fingerprint density at radius 1 is 1.61 bits per heavy atom. The van der Waals surface area contributed by atoms with Gasteiger partial charge in [-0.05, 0) is 37.7 Å². The third-order valence-electron chi connectivity index (χ3n) is 3.15. The molecule has 6 heteroatoms. The summed E-state index contributed by atoms with van der Waals surface area (Å²) in [5.74, 6) is 0. The van der Waals surface area contributed by atoms with Crippen molar-refractivity contribution in [1.82, 2.24) is 9.88 Å². The van der Waals surface area contributed by atoms with Crippen molar-refractivity contribution in [3.63, 3.8) is 0 Å². The van der Waals surface area contributed by atoms with Crippen molar-refractivity contribution in [2.75, 3.05) is 7.05 Å². The van der Waals surface area contributed by atoms with Crippen molar-refractivity contribution in [3.05, 3.63) is 35.3 Å². The molecule has 2 heterocycles. The fourth-order valence-corrected chi connectivity index (χ4v) is 3.45. The highest BCUT2D eigenvalue weighted by Gasteiger charge is 2.48. The van der Waals surface area contributed by atoms with Crippen molar-refractivity contribution in [3.8, 4) is 0 Å². The van der Waals surface area contributed by atoms with E-state index in [2.05, 4.69) is 4.98 Å². The molecule has 0 amide bonds. The molecule has 4 nitrogen and oxygen atoms in total. The van der Waals surface area contributed by atoms with Gasteiger partial charge in [-0.15, -0.1) is 0 Å². The van der Waals surface area contributed by atoms with Gasteiger partial charge in [0.1, 0.15) is 9.86 Å². The molecule has 0 radical (unpaired) electrons. The van der Waals surface area contributed by atoms with Crippen molar-refractivity contribution in [1.29, 1.82) is 0 Å². The molecule has 1 aliphatic rings. The minimum absolute atomic E-state index is 0.241. The smallest absolute Gasteiger partial charge is 0.238 e. The highest BCUT2D eigenvalue weighted by atomic mass is 32.2. The summed E-state index contributed by atoms with van der Waals surface area (Å²) in [5.41, 5.74) is 0.506. The van der Waals surface area contributed by atoms with Crippen LogP contribution in [-0.2, 0) is 0 Å². The summed E-state index contributed by atoms with van der Waals surface area (Å²) in [4.78, 5) is 5.96. The van der Waals surface area contributed by atoms with Crippen LogP contribution >= 0.6 is 24.0 Å². The lowest BCUT2D eigenvalue weighted by molar-refractivity contribution is -0.480. The maximum atomic E-state index is 12.2. The van der Waals surface area contributed by atoms with E-state index >= 15 is 0 Å². The second kappa shape index (κ2) is 4.85. The summed E-state index contributed by atoms with van der Waals surface area (Å²) in [5, 5.41) is 12.0. The lowest BCUT2D eigenvalue weighted by Gasteiger charge is -2.30. The lowest BCUT2D eigenvalue weighted by atomic mass is 10.0. The summed E-state index contributed by atoms with van der Waals surface area (Å²) >= 11 is 6.68. The van der Waals surface area contributed by atoms with Crippen LogP contribution in [0.5, 0.6) is 0 Å². The molecule has 1 aromatic heterocycles. The van der Waals surface area contributed by atoms with Crippen LogP contribution in [-0.4, -0.2) is 43.1 Å². The van der Waals surface area contributed by atoms with Crippen molar-refractivity contribution in [2.45, 2.75) is 24.8 Å². The van der Waals surface area contributed by atoms with E-state index in [0.717, 1.165) is 14.6 Å². The molecule has 0 unspecified atom stereocenters. The normalized spacial score (nSPS) is 23.5. The predicted molar refractivity (Wildman–Crippen MR) is 78.8 cm³/mol. The van der Waals surface area contributed by atoms with Crippen LogP contribution in [0.3, 0.4) is 0 Å². The molecule has 0 aliphatic carbocycles. The van der Waals surface area contributed by atoms with E-state index < -0.39 is 0 Å². The molecule has 2 rings (SSSR count). The predicted octanol–water partition coefficient (Wildman–Crippen LogP) is 2.08. The van der Waals surface area contributed by atoms with Gasteiger partial charge in [0.05, 0.1) is 5.56 Å². The van der Waals surface area contributed by atoms with Gasteiger partial charge in [-0.2, -0.15) is 4.74 Å². The van der Waals surface area contributed by atoms with Gasteiger partial charge in [0.25, 0.3) is 0 Å².